The maximum absolute atomic E-state index is 13.3. The van der Waals surface area contributed by atoms with Gasteiger partial charge in [-0.25, -0.2) is 4.98 Å². The molecular weight excluding hydrogens is 341 g/mol. The van der Waals surface area contributed by atoms with E-state index in [1.807, 2.05) is 0 Å². The second-order valence-corrected chi connectivity index (χ2v) is 6.05. The number of ether oxygens (including phenoxy) is 1. The van der Waals surface area contributed by atoms with E-state index in [0.29, 0.717) is 19.6 Å². The molecule has 2 heterocycles. The summed E-state index contributed by atoms with van der Waals surface area (Å²) in [6.07, 6.45) is -3.10. The second kappa shape index (κ2) is 8.15. The molecule has 1 saturated heterocycles. The van der Waals surface area contributed by atoms with Crippen LogP contribution in [0.4, 0.5) is 13.2 Å². The minimum Gasteiger partial charge on any atom is -0.379 e. The van der Waals surface area contributed by atoms with Gasteiger partial charge in [-0.05, 0) is 13.0 Å². The van der Waals surface area contributed by atoms with Gasteiger partial charge >= 0.3 is 6.18 Å². The first kappa shape index (κ1) is 19.7. The third-order valence-electron chi connectivity index (χ3n) is 4.15. The smallest absolute Gasteiger partial charge is 0.379 e. The third kappa shape index (κ3) is 4.93. The van der Waals surface area contributed by atoms with E-state index in [2.05, 4.69) is 15.2 Å². The maximum atomic E-state index is 13.3. The molecule has 0 bridgehead atoms. The van der Waals surface area contributed by atoms with Gasteiger partial charge in [0.05, 0.1) is 19.6 Å². The van der Waals surface area contributed by atoms with Crippen LogP contribution in [0.3, 0.4) is 0 Å². The van der Waals surface area contributed by atoms with Gasteiger partial charge in [0.1, 0.15) is 0 Å². The van der Waals surface area contributed by atoms with Gasteiger partial charge in [-0.1, -0.05) is 0 Å². The summed E-state index contributed by atoms with van der Waals surface area (Å²) in [6.45, 7) is 3.91. The van der Waals surface area contributed by atoms with Crippen molar-refractivity contribution in [2.75, 3.05) is 39.4 Å². The lowest BCUT2D eigenvalue weighted by molar-refractivity contribution is -0.271. The van der Waals surface area contributed by atoms with E-state index in [4.69, 9.17) is 4.74 Å². The summed E-state index contributed by atoms with van der Waals surface area (Å²) in [4.78, 5) is 17.6. The topological polar surface area (TPSA) is 79.6 Å². The van der Waals surface area contributed by atoms with Crippen molar-refractivity contribution in [2.45, 2.75) is 24.6 Å². The largest absolute Gasteiger partial charge is 0.425 e. The average molecular weight is 364 g/mol. The summed E-state index contributed by atoms with van der Waals surface area (Å²) < 4.78 is 46.3. The number of rotatable bonds is 7. The van der Waals surface area contributed by atoms with Crippen molar-refractivity contribution < 1.29 is 27.8 Å². The monoisotopic (exact) mass is 364 g/mol. The molecule has 0 saturated carbocycles. The van der Waals surface area contributed by atoms with Crippen LogP contribution in [0.2, 0.25) is 0 Å². The van der Waals surface area contributed by atoms with Crippen LogP contribution in [-0.4, -0.2) is 71.0 Å². The number of halogens is 3. The first-order valence-electron chi connectivity index (χ1n) is 8.08. The third-order valence-corrected chi connectivity index (χ3v) is 4.15. The van der Waals surface area contributed by atoms with Crippen LogP contribution in [0.1, 0.15) is 18.7 Å². The molecule has 142 valence electrons. The Balaban J connectivity index is 1.86. The lowest BCUT2D eigenvalue weighted by atomic mass is 9.97. The Morgan fingerprint density at radius 1 is 1.40 bits per heavy atom. The summed E-state index contributed by atoms with van der Waals surface area (Å²) in [7, 11) is 1.33. The van der Waals surface area contributed by atoms with Crippen molar-refractivity contribution in [3.8, 4) is 0 Å². The summed E-state index contributed by atoms with van der Waals surface area (Å²) in [5, 5.41) is 12.6. The molecule has 1 aromatic rings. The Labute approximate surface area is 143 Å². The predicted octanol–water partition coefficient (Wildman–Crippen LogP) is 0.399. The van der Waals surface area contributed by atoms with Crippen molar-refractivity contribution in [2.24, 2.45) is 7.05 Å². The zero-order chi connectivity index (χ0) is 18.5. The van der Waals surface area contributed by atoms with E-state index in [9.17, 15) is 23.1 Å². The highest BCUT2D eigenvalue weighted by Crippen LogP contribution is 2.40. The fourth-order valence-corrected chi connectivity index (χ4v) is 2.72. The second-order valence-electron chi connectivity index (χ2n) is 6.05. The Bertz CT molecular complexity index is 573. The van der Waals surface area contributed by atoms with Crippen molar-refractivity contribution in [3.63, 3.8) is 0 Å². The molecule has 1 amide bonds. The van der Waals surface area contributed by atoms with Crippen LogP contribution in [-0.2, 0) is 22.2 Å². The summed E-state index contributed by atoms with van der Waals surface area (Å²) in [5.41, 5.74) is -3.32. The van der Waals surface area contributed by atoms with Gasteiger partial charge in [0.2, 0.25) is 11.5 Å². The summed E-state index contributed by atoms with van der Waals surface area (Å²) >= 11 is 0. The first-order valence-corrected chi connectivity index (χ1v) is 8.08. The molecular formula is C15H23F3N4O3. The normalized spacial score (nSPS) is 18.8. The fraction of sp³-hybridized carbons (Fsp3) is 0.733. The zero-order valence-electron chi connectivity index (χ0n) is 14.1. The van der Waals surface area contributed by atoms with Crippen LogP contribution in [0.25, 0.3) is 0 Å². The van der Waals surface area contributed by atoms with Crippen molar-refractivity contribution in [3.05, 3.63) is 18.2 Å². The number of imidazole rings is 1. The number of hydrogen-bond acceptors (Lipinski definition) is 5. The number of carbonyl (C=O) groups is 1. The number of morpholine rings is 1. The lowest BCUT2D eigenvalue weighted by Gasteiger charge is -2.29. The van der Waals surface area contributed by atoms with Crippen LogP contribution in [0, 0.1) is 0 Å². The van der Waals surface area contributed by atoms with E-state index in [1.54, 1.807) is 0 Å². The molecule has 25 heavy (non-hydrogen) atoms. The minimum atomic E-state index is -5.02. The minimum absolute atomic E-state index is 0.241. The number of alkyl halides is 3. The van der Waals surface area contributed by atoms with E-state index in [-0.39, 0.29) is 6.54 Å². The molecule has 1 aliphatic heterocycles. The Kier molecular flexibility index (Phi) is 6.42. The van der Waals surface area contributed by atoms with Crippen LogP contribution < -0.4 is 5.32 Å². The average Bonchev–Trinajstić information content (AvgIpc) is 2.98. The molecule has 0 spiro atoms. The van der Waals surface area contributed by atoms with Gasteiger partial charge in [-0.2, -0.15) is 13.2 Å². The molecule has 1 fully saturated rings. The molecule has 0 radical (unpaired) electrons. The molecule has 1 aromatic heterocycles. The van der Waals surface area contributed by atoms with E-state index in [0.717, 1.165) is 30.4 Å². The molecule has 2 N–H and O–H groups in total. The summed E-state index contributed by atoms with van der Waals surface area (Å²) in [5.74, 6) is -1.48. The first-order chi connectivity index (χ1) is 11.7. The standard InChI is InChI=1S/C15H23F3N4O3/c1-21-6-4-20-13(21)14(24,15(16,17)18)11-12(23)19-3-2-5-22-7-9-25-10-8-22/h4,6,24H,2-3,5,7-11H2,1H3,(H,19,23). The highest BCUT2D eigenvalue weighted by molar-refractivity contribution is 5.77. The number of aliphatic hydroxyl groups is 1. The van der Waals surface area contributed by atoms with Gasteiger partial charge in [0.25, 0.3) is 0 Å². The molecule has 1 aliphatic rings. The van der Waals surface area contributed by atoms with Gasteiger partial charge in [0, 0.05) is 39.1 Å². The number of nitrogens with one attached hydrogen (secondary N) is 1. The number of amides is 1. The Hall–Kier alpha value is -1.65. The van der Waals surface area contributed by atoms with E-state index >= 15 is 0 Å². The molecule has 0 aromatic carbocycles. The number of carbonyl (C=O) groups excluding carboxylic acids is 1. The van der Waals surface area contributed by atoms with Crippen molar-refractivity contribution in [1.82, 2.24) is 19.8 Å². The highest BCUT2D eigenvalue weighted by Gasteiger charge is 2.58. The number of nitrogens with zero attached hydrogens (tertiary/aromatic N) is 3. The Morgan fingerprint density at radius 3 is 2.64 bits per heavy atom. The van der Waals surface area contributed by atoms with E-state index < -0.39 is 29.9 Å². The maximum Gasteiger partial charge on any atom is 0.425 e. The van der Waals surface area contributed by atoms with Crippen molar-refractivity contribution >= 4 is 5.91 Å². The van der Waals surface area contributed by atoms with Gasteiger partial charge in [0.15, 0.2) is 5.82 Å². The quantitative estimate of drug-likeness (QED) is 0.685. The Morgan fingerprint density at radius 2 is 2.08 bits per heavy atom. The fourth-order valence-electron chi connectivity index (χ4n) is 2.72. The number of hydrogen-bond donors (Lipinski definition) is 2. The zero-order valence-corrected chi connectivity index (χ0v) is 14.1. The molecule has 7 nitrogen and oxygen atoms in total. The molecule has 1 atom stereocenters. The van der Waals surface area contributed by atoms with Gasteiger partial charge in [-0.15, -0.1) is 0 Å². The highest BCUT2D eigenvalue weighted by atomic mass is 19.4. The van der Waals surface area contributed by atoms with Crippen molar-refractivity contribution in [1.29, 1.82) is 0 Å². The van der Waals surface area contributed by atoms with Gasteiger partial charge in [-0.3, -0.25) is 9.69 Å². The summed E-state index contributed by atoms with van der Waals surface area (Å²) in [6, 6.07) is 0. The van der Waals surface area contributed by atoms with E-state index in [1.165, 1.54) is 13.2 Å². The number of aromatic nitrogens is 2. The number of aryl methyl sites for hydroxylation is 1. The van der Waals surface area contributed by atoms with Crippen LogP contribution in [0.15, 0.2) is 12.4 Å². The molecule has 10 heteroatoms. The van der Waals surface area contributed by atoms with Gasteiger partial charge < -0.3 is 19.7 Å². The molecule has 1 unspecified atom stereocenters. The lowest BCUT2D eigenvalue weighted by Crippen LogP contribution is -2.48. The van der Waals surface area contributed by atoms with Crippen LogP contribution >= 0.6 is 0 Å². The SMILES string of the molecule is Cn1ccnc1C(O)(CC(=O)NCCCN1CCOCC1)C(F)(F)F. The predicted molar refractivity (Wildman–Crippen MR) is 82.7 cm³/mol. The van der Waals surface area contributed by atoms with Crippen LogP contribution in [0.5, 0.6) is 0 Å². The molecule has 0 aliphatic carbocycles. The molecule has 2 rings (SSSR count).